The van der Waals surface area contributed by atoms with Crippen LogP contribution in [0.5, 0.6) is 0 Å². The van der Waals surface area contributed by atoms with Crippen molar-refractivity contribution >= 4 is 17.6 Å². The Morgan fingerprint density at radius 3 is 2.63 bits per heavy atom. The summed E-state index contributed by atoms with van der Waals surface area (Å²) >= 11 is 0. The molecule has 1 aliphatic carbocycles. The van der Waals surface area contributed by atoms with Gasteiger partial charge in [-0.3, -0.25) is 9.79 Å². The first-order valence-corrected chi connectivity index (χ1v) is 9.83. The SMILES string of the molecule is CN=C(NCc1cccc(NC(=O)C2CCCCC2)c1)NCC(C)(C)OC. The number of hydrogen-bond acceptors (Lipinski definition) is 3. The van der Waals surface area contributed by atoms with Gasteiger partial charge in [0.15, 0.2) is 5.96 Å². The van der Waals surface area contributed by atoms with Crippen LogP contribution in [0.15, 0.2) is 29.3 Å². The molecule has 6 nitrogen and oxygen atoms in total. The second kappa shape index (κ2) is 10.3. The minimum atomic E-state index is -0.263. The fraction of sp³-hybridized carbons (Fsp3) is 0.619. The summed E-state index contributed by atoms with van der Waals surface area (Å²) in [6.45, 7) is 5.32. The van der Waals surface area contributed by atoms with Gasteiger partial charge in [-0.1, -0.05) is 31.4 Å². The lowest BCUT2D eigenvalue weighted by Gasteiger charge is -2.24. The molecule has 6 heteroatoms. The van der Waals surface area contributed by atoms with E-state index in [0.717, 1.165) is 42.9 Å². The Morgan fingerprint density at radius 2 is 1.96 bits per heavy atom. The zero-order valence-corrected chi connectivity index (χ0v) is 17.1. The molecule has 1 amide bonds. The summed E-state index contributed by atoms with van der Waals surface area (Å²) in [5, 5.41) is 9.64. The van der Waals surface area contributed by atoms with Gasteiger partial charge in [0.05, 0.1) is 5.60 Å². The van der Waals surface area contributed by atoms with E-state index >= 15 is 0 Å². The molecule has 0 radical (unpaired) electrons. The van der Waals surface area contributed by atoms with Gasteiger partial charge < -0.3 is 20.7 Å². The van der Waals surface area contributed by atoms with Crippen LogP contribution in [-0.2, 0) is 16.1 Å². The highest BCUT2D eigenvalue weighted by Crippen LogP contribution is 2.25. The number of carbonyl (C=O) groups is 1. The topological polar surface area (TPSA) is 74.8 Å². The first kappa shape index (κ1) is 21.2. The van der Waals surface area contributed by atoms with Gasteiger partial charge in [0.25, 0.3) is 0 Å². The number of anilines is 1. The standard InChI is InChI=1S/C21H34N4O2/c1-21(2,27-4)15-24-20(22-3)23-14-16-9-8-12-18(13-16)25-19(26)17-10-6-5-7-11-17/h8-9,12-13,17H,5-7,10-11,14-15H2,1-4H3,(H,25,26)(H2,22,23,24). The Labute approximate surface area is 163 Å². The summed E-state index contributed by atoms with van der Waals surface area (Å²) in [6.07, 6.45) is 5.59. The van der Waals surface area contributed by atoms with E-state index in [4.69, 9.17) is 4.74 Å². The van der Waals surface area contributed by atoms with Gasteiger partial charge in [-0.2, -0.15) is 0 Å². The Morgan fingerprint density at radius 1 is 1.22 bits per heavy atom. The van der Waals surface area contributed by atoms with E-state index in [1.165, 1.54) is 6.42 Å². The van der Waals surface area contributed by atoms with E-state index in [1.807, 2.05) is 38.1 Å². The van der Waals surface area contributed by atoms with Crippen LogP contribution in [0.25, 0.3) is 0 Å². The van der Waals surface area contributed by atoms with Gasteiger partial charge in [0, 0.05) is 38.9 Å². The fourth-order valence-electron chi connectivity index (χ4n) is 3.14. The molecule has 0 heterocycles. The molecule has 1 saturated carbocycles. The first-order valence-electron chi connectivity index (χ1n) is 9.83. The van der Waals surface area contributed by atoms with Crippen LogP contribution in [0.1, 0.15) is 51.5 Å². The molecule has 0 unspecified atom stereocenters. The van der Waals surface area contributed by atoms with Crippen LogP contribution in [0.4, 0.5) is 5.69 Å². The summed E-state index contributed by atoms with van der Waals surface area (Å²) < 4.78 is 5.41. The Balaban J connectivity index is 1.86. The molecule has 1 aliphatic rings. The van der Waals surface area contributed by atoms with Crippen molar-refractivity contribution in [3.63, 3.8) is 0 Å². The van der Waals surface area contributed by atoms with Crippen LogP contribution in [0, 0.1) is 5.92 Å². The Kier molecular flexibility index (Phi) is 8.10. The lowest BCUT2D eigenvalue weighted by atomic mass is 9.88. The van der Waals surface area contributed by atoms with Crippen molar-refractivity contribution in [1.82, 2.24) is 10.6 Å². The van der Waals surface area contributed by atoms with Crippen molar-refractivity contribution in [3.05, 3.63) is 29.8 Å². The highest BCUT2D eigenvalue weighted by molar-refractivity contribution is 5.92. The van der Waals surface area contributed by atoms with E-state index in [-0.39, 0.29) is 17.4 Å². The zero-order valence-electron chi connectivity index (χ0n) is 17.1. The molecule has 0 saturated heterocycles. The Bertz CT molecular complexity index is 637. The number of guanidine groups is 1. The van der Waals surface area contributed by atoms with Crippen LogP contribution >= 0.6 is 0 Å². The monoisotopic (exact) mass is 374 g/mol. The maximum atomic E-state index is 12.4. The third-order valence-corrected chi connectivity index (χ3v) is 5.09. The number of hydrogen-bond donors (Lipinski definition) is 3. The molecule has 1 aromatic rings. The van der Waals surface area contributed by atoms with Crippen LogP contribution < -0.4 is 16.0 Å². The van der Waals surface area contributed by atoms with Gasteiger partial charge in [0.1, 0.15) is 0 Å². The molecular weight excluding hydrogens is 340 g/mol. The van der Waals surface area contributed by atoms with Gasteiger partial charge in [-0.05, 0) is 44.4 Å². The number of aliphatic imine (C=N–C) groups is 1. The summed E-state index contributed by atoms with van der Waals surface area (Å²) in [6, 6.07) is 7.96. The molecule has 150 valence electrons. The number of benzene rings is 1. The molecule has 1 aromatic carbocycles. The van der Waals surface area contributed by atoms with Crippen molar-refractivity contribution in [2.75, 3.05) is 26.0 Å². The smallest absolute Gasteiger partial charge is 0.227 e. The number of amides is 1. The van der Waals surface area contributed by atoms with Crippen LogP contribution in [0.3, 0.4) is 0 Å². The van der Waals surface area contributed by atoms with E-state index in [9.17, 15) is 4.79 Å². The van der Waals surface area contributed by atoms with E-state index < -0.39 is 0 Å². The second-order valence-corrected chi connectivity index (χ2v) is 7.77. The Hall–Kier alpha value is -2.08. The minimum Gasteiger partial charge on any atom is -0.377 e. The van der Waals surface area contributed by atoms with E-state index in [1.54, 1.807) is 14.2 Å². The number of carbonyl (C=O) groups excluding carboxylic acids is 1. The maximum Gasteiger partial charge on any atom is 0.227 e. The highest BCUT2D eigenvalue weighted by atomic mass is 16.5. The minimum absolute atomic E-state index is 0.152. The molecule has 2 rings (SSSR count). The summed E-state index contributed by atoms with van der Waals surface area (Å²) in [5.41, 5.74) is 1.68. The van der Waals surface area contributed by atoms with Crippen molar-refractivity contribution in [3.8, 4) is 0 Å². The average Bonchev–Trinajstić information content (AvgIpc) is 2.69. The summed E-state index contributed by atoms with van der Waals surface area (Å²) in [5.74, 6) is 1.03. The second-order valence-electron chi connectivity index (χ2n) is 7.77. The molecule has 0 spiro atoms. The third-order valence-electron chi connectivity index (χ3n) is 5.09. The number of nitrogens with zero attached hydrogens (tertiary/aromatic N) is 1. The van der Waals surface area contributed by atoms with Crippen LogP contribution in [-0.4, -0.2) is 38.2 Å². The van der Waals surface area contributed by atoms with Gasteiger partial charge >= 0.3 is 0 Å². The lowest BCUT2D eigenvalue weighted by molar-refractivity contribution is -0.120. The predicted molar refractivity (Wildman–Crippen MR) is 111 cm³/mol. The maximum absolute atomic E-state index is 12.4. The number of methoxy groups -OCH3 is 1. The van der Waals surface area contributed by atoms with E-state index in [0.29, 0.717) is 13.1 Å². The number of rotatable bonds is 7. The van der Waals surface area contributed by atoms with E-state index in [2.05, 4.69) is 20.9 Å². The fourth-order valence-corrected chi connectivity index (χ4v) is 3.14. The molecule has 3 N–H and O–H groups in total. The molecule has 1 fully saturated rings. The van der Waals surface area contributed by atoms with Crippen molar-refractivity contribution in [2.45, 2.75) is 58.1 Å². The summed E-state index contributed by atoms with van der Waals surface area (Å²) in [4.78, 5) is 16.7. The normalized spacial score (nSPS) is 16.1. The van der Waals surface area contributed by atoms with Crippen LogP contribution in [0.2, 0.25) is 0 Å². The van der Waals surface area contributed by atoms with Crippen molar-refractivity contribution in [1.29, 1.82) is 0 Å². The van der Waals surface area contributed by atoms with Gasteiger partial charge in [-0.15, -0.1) is 0 Å². The van der Waals surface area contributed by atoms with Gasteiger partial charge in [-0.25, -0.2) is 0 Å². The molecular formula is C21H34N4O2. The zero-order chi connectivity index (χ0) is 19.7. The molecule has 0 bridgehead atoms. The van der Waals surface area contributed by atoms with Crippen molar-refractivity contribution < 1.29 is 9.53 Å². The molecule has 0 aliphatic heterocycles. The third kappa shape index (κ3) is 7.21. The lowest BCUT2D eigenvalue weighted by Crippen LogP contribution is -2.45. The van der Waals surface area contributed by atoms with Crippen molar-refractivity contribution in [2.24, 2.45) is 10.9 Å². The first-order chi connectivity index (χ1) is 12.9. The predicted octanol–water partition coefficient (Wildman–Crippen LogP) is 3.30. The van der Waals surface area contributed by atoms with Gasteiger partial charge in [0.2, 0.25) is 5.91 Å². The average molecular weight is 375 g/mol. The number of nitrogens with one attached hydrogen (secondary N) is 3. The summed E-state index contributed by atoms with van der Waals surface area (Å²) in [7, 11) is 3.45. The molecule has 27 heavy (non-hydrogen) atoms. The highest BCUT2D eigenvalue weighted by Gasteiger charge is 2.21. The quantitative estimate of drug-likeness (QED) is 0.506. The molecule has 0 atom stereocenters. The molecule has 0 aromatic heterocycles. The number of ether oxygens (including phenoxy) is 1. The largest absolute Gasteiger partial charge is 0.377 e.